The first-order valence-corrected chi connectivity index (χ1v) is 11.6. The summed E-state index contributed by atoms with van der Waals surface area (Å²) >= 11 is 0. The quantitative estimate of drug-likeness (QED) is 0.631. The Kier molecular flexibility index (Phi) is 4.38. The Morgan fingerprint density at radius 2 is 1.82 bits per heavy atom. The monoisotopic (exact) mass is 384 g/mol. The molecular weight excluding hydrogens is 348 g/mol. The molecule has 0 aliphatic heterocycles. The molecule has 3 heteroatoms. The Hall–Kier alpha value is -1.06. The Morgan fingerprint density at radius 1 is 1.04 bits per heavy atom. The molecule has 0 spiro atoms. The maximum Gasteiger partial charge on any atom is 0.115 e. The molecule has 28 heavy (non-hydrogen) atoms. The van der Waals surface area contributed by atoms with Crippen LogP contribution in [0.1, 0.15) is 88.2 Å². The fourth-order valence-electron chi connectivity index (χ4n) is 8.51. The third kappa shape index (κ3) is 2.35. The van der Waals surface area contributed by atoms with Crippen LogP contribution < -0.4 is 0 Å². The molecule has 2 bridgehead atoms. The number of unbranched alkanes of at least 4 members (excludes halogenated alkanes) is 2. The molecule has 1 aromatic rings. The zero-order valence-corrected chi connectivity index (χ0v) is 17.3. The van der Waals surface area contributed by atoms with Crippen molar-refractivity contribution in [2.24, 2.45) is 22.7 Å². The van der Waals surface area contributed by atoms with E-state index < -0.39 is 5.60 Å². The van der Waals surface area contributed by atoms with Gasteiger partial charge >= 0.3 is 0 Å². The summed E-state index contributed by atoms with van der Waals surface area (Å²) in [6, 6.07) is 6.08. The number of aliphatic hydroxyl groups is 2. The molecule has 4 aliphatic rings. The van der Waals surface area contributed by atoms with E-state index in [1.54, 1.807) is 0 Å². The van der Waals surface area contributed by atoms with Crippen molar-refractivity contribution in [3.8, 4) is 5.75 Å². The summed E-state index contributed by atoms with van der Waals surface area (Å²) in [6.45, 7) is 2.71. The summed E-state index contributed by atoms with van der Waals surface area (Å²) in [5.74, 6) is 2.28. The third-order valence-electron chi connectivity index (χ3n) is 9.87. The minimum atomic E-state index is -0.436. The van der Waals surface area contributed by atoms with Crippen LogP contribution in [0.25, 0.3) is 0 Å². The molecule has 0 amide bonds. The SMILES string of the molecule is C[C@]12CC[C@@H]3c4ccc(O)cc4C[C@@H](CCCCCO)[C@H]3C13CCC2(O)CC3. The Morgan fingerprint density at radius 3 is 2.57 bits per heavy atom. The van der Waals surface area contributed by atoms with Crippen LogP contribution in [0.4, 0.5) is 0 Å². The predicted molar refractivity (Wildman–Crippen MR) is 110 cm³/mol. The second-order valence-corrected chi connectivity index (χ2v) is 10.6. The number of hydrogen-bond acceptors (Lipinski definition) is 3. The van der Waals surface area contributed by atoms with Gasteiger partial charge in [0.05, 0.1) is 5.60 Å². The number of rotatable bonds is 5. The van der Waals surface area contributed by atoms with E-state index in [1.807, 2.05) is 12.1 Å². The first-order chi connectivity index (χ1) is 13.4. The van der Waals surface area contributed by atoms with E-state index in [4.69, 9.17) is 5.11 Å². The average molecular weight is 385 g/mol. The van der Waals surface area contributed by atoms with E-state index >= 15 is 0 Å². The van der Waals surface area contributed by atoms with Gasteiger partial charge in [-0.1, -0.05) is 25.8 Å². The summed E-state index contributed by atoms with van der Waals surface area (Å²) in [5, 5.41) is 30.7. The molecule has 3 nitrogen and oxygen atoms in total. The van der Waals surface area contributed by atoms with Gasteiger partial charge in [-0.25, -0.2) is 0 Å². The molecule has 0 aromatic heterocycles. The van der Waals surface area contributed by atoms with E-state index in [1.165, 1.54) is 43.2 Å². The summed E-state index contributed by atoms with van der Waals surface area (Å²) in [5.41, 5.74) is 2.78. The second-order valence-electron chi connectivity index (χ2n) is 10.6. The Labute approximate surface area is 169 Å². The number of benzene rings is 1. The van der Waals surface area contributed by atoms with E-state index in [0.29, 0.717) is 35.5 Å². The first kappa shape index (κ1) is 18.9. The lowest BCUT2D eigenvalue weighted by Crippen LogP contribution is -2.54. The predicted octanol–water partition coefficient (Wildman–Crippen LogP) is 4.92. The number of hydrogen-bond donors (Lipinski definition) is 3. The van der Waals surface area contributed by atoms with Gasteiger partial charge in [0.2, 0.25) is 0 Å². The van der Waals surface area contributed by atoms with Crippen molar-refractivity contribution < 1.29 is 15.3 Å². The molecular formula is C25H36O3. The molecule has 154 valence electrons. The van der Waals surface area contributed by atoms with Gasteiger partial charge in [-0.3, -0.25) is 0 Å². The van der Waals surface area contributed by atoms with Crippen molar-refractivity contribution in [2.75, 3.05) is 6.61 Å². The zero-order valence-electron chi connectivity index (χ0n) is 17.3. The number of aromatic hydroxyl groups is 1. The largest absolute Gasteiger partial charge is 0.508 e. The van der Waals surface area contributed by atoms with Gasteiger partial charge in [0.15, 0.2) is 0 Å². The van der Waals surface area contributed by atoms with Crippen molar-refractivity contribution in [3.05, 3.63) is 29.3 Å². The highest BCUT2D eigenvalue weighted by Crippen LogP contribution is 2.78. The lowest BCUT2D eigenvalue weighted by molar-refractivity contribution is -0.113. The Balaban J connectivity index is 1.54. The van der Waals surface area contributed by atoms with Crippen LogP contribution >= 0.6 is 0 Å². The molecule has 0 saturated heterocycles. The van der Waals surface area contributed by atoms with Crippen LogP contribution in [0.2, 0.25) is 0 Å². The van der Waals surface area contributed by atoms with Gasteiger partial charge in [0.25, 0.3) is 0 Å². The van der Waals surface area contributed by atoms with Gasteiger partial charge in [-0.05, 0) is 104 Å². The third-order valence-corrected chi connectivity index (χ3v) is 9.87. The molecule has 3 fully saturated rings. The standard InChI is InChI=1S/C25H36O3/c1-23-9-8-21-20-7-6-19(27)16-18(20)15-17(5-3-2-4-14-26)22(21)24(23)10-12-25(23,28)13-11-24/h6-7,16-17,21-22,26-28H,2-5,8-15H2,1H3/t17-,21-,22-,23+,24?,25?/m1/s1. The highest BCUT2D eigenvalue weighted by atomic mass is 16.3. The van der Waals surface area contributed by atoms with Crippen molar-refractivity contribution in [1.29, 1.82) is 0 Å². The minimum Gasteiger partial charge on any atom is -0.508 e. The normalized spacial score (nSPS) is 43.5. The molecule has 5 rings (SSSR count). The van der Waals surface area contributed by atoms with E-state index in [0.717, 1.165) is 38.5 Å². The van der Waals surface area contributed by atoms with Crippen LogP contribution in [-0.2, 0) is 6.42 Å². The van der Waals surface area contributed by atoms with Crippen LogP contribution in [0.15, 0.2) is 18.2 Å². The summed E-state index contributed by atoms with van der Waals surface area (Å²) in [7, 11) is 0. The maximum absolute atomic E-state index is 11.5. The van der Waals surface area contributed by atoms with E-state index in [9.17, 15) is 10.2 Å². The van der Waals surface area contributed by atoms with Crippen LogP contribution in [-0.4, -0.2) is 27.5 Å². The smallest absolute Gasteiger partial charge is 0.115 e. The maximum atomic E-state index is 11.5. The highest BCUT2D eigenvalue weighted by molar-refractivity contribution is 5.42. The van der Waals surface area contributed by atoms with Crippen molar-refractivity contribution >= 4 is 0 Å². The number of phenols is 1. The lowest BCUT2D eigenvalue weighted by Gasteiger charge is -2.59. The van der Waals surface area contributed by atoms with Gasteiger partial charge < -0.3 is 15.3 Å². The second kappa shape index (κ2) is 6.47. The molecule has 0 unspecified atom stereocenters. The number of fused-ring (bicyclic) bond motifs is 3. The molecule has 0 heterocycles. The van der Waals surface area contributed by atoms with Gasteiger partial charge in [0.1, 0.15) is 5.75 Å². The molecule has 4 aliphatic carbocycles. The molecule has 4 atom stereocenters. The van der Waals surface area contributed by atoms with Crippen molar-refractivity contribution in [1.82, 2.24) is 0 Å². The van der Waals surface area contributed by atoms with Crippen molar-refractivity contribution in [3.63, 3.8) is 0 Å². The zero-order chi connectivity index (χ0) is 19.6. The Bertz CT molecular complexity index is 748. The topological polar surface area (TPSA) is 60.7 Å². The summed E-state index contributed by atoms with van der Waals surface area (Å²) in [4.78, 5) is 0. The van der Waals surface area contributed by atoms with E-state index in [-0.39, 0.29) is 5.41 Å². The summed E-state index contributed by atoms with van der Waals surface area (Å²) in [6.07, 6.45) is 12.2. The average Bonchev–Trinajstić information content (AvgIpc) is 3.05. The first-order valence-electron chi connectivity index (χ1n) is 11.6. The number of aliphatic hydroxyl groups excluding tert-OH is 1. The molecule has 0 radical (unpaired) electrons. The lowest BCUT2D eigenvalue weighted by atomic mass is 9.45. The van der Waals surface area contributed by atoms with Crippen molar-refractivity contribution in [2.45, 2.75) is 89.1 Å². The van der Waals surface area contributed by atoms with Crippen LogP contribution in [0.5, 0.6) is 5.75 Å². The van der Waals surface area contributed by atoms with E-state index in [2.05, 4.69) is 13.0 Å². The molecule has 1 aromatic carbocycles. The highest BCUT2D eigenvalue weighted by Gasteiger charge is 2.74. The van der Waals surface area contributed by atoms with Gasteiger partial charge in [-0.15, -0.1) is 0 Å². The van der Waals surface area contributed by atoms with Gasteiger partial charge in [0, 0.05) is 12.0 Å². The molecule has 3 N–H and O–H groups in total. The molecule has 3 saturated carbocycles. The fraction of sp³-hybridized carbons (Fsp3) is 0.760. The minimum absolute atomic E-state index is 0.0823. The van der Waals surface area contributed by atoms with Crippen LogP contribution in [0, 0.1) is 22.7 Å². The number of phenolic OH excluding ortho intramolecular Hbond substituents is 1. The summed E-state index contributed by atoms with van der Waals surface area (Å²) < 4.78 is 0. The van der Waals surface area contributed by atoms with Crippen LogP contribution in [0.3, 0.4) is 0 Å². The van der Waals surface area contributed by atoms with Gasteiger partial charge in [-0.2, -0.15) is 0 Å². The fourth-order valence-corrected chi connectivity index (χ4v) is 8.51.